The molecule has 1 heterocycles. The second-order valence-corrected chi connectivity index (χ2v) is 6.37. The molecule has 1 aromatic rings. The summed E-state index contributed by atoms with van der Waals surface area (Å²) in [6.07, 6.45) is 2.17. The first-order valence-electron chi connectivity index (χ1n) is 7.70. The smallest absolute Gasteiger partial charge is 0.237 e. The van der Waals surface area contributed by atoms with E-state index in [1.54, 1.807) is 14.2 Å². The third-order valence-electron chi connectivity index (χ3n) is 4.33. The molecule has 0 bridgehead atoms. The maximum absolute atomic E-state index is 12.5. The summed E-state index contributed by atoms with van der Waals surface area (Å²) in [6.45, 7) is 5.59. The predicted octanol–water partition coefficient (Wildman–Crippen LogP) is 2.10. The Morgan fingerprint density at radius 1 is 1.36 bits per heavy atom. The van der Waals surface area contributed by atoms with E-state index < -0.39 is 0 Å². The molecule has 5 nitrogen and oxygen atoms in total. The fraction of sp³-hybridized carbons (Fsp3) is 0.588. The van der Waals surface area contributed by atoms with Gasteiger partial charge in [0.05, 0.1) is 20.3 Å². The van der Waals surface area contributed by atoms with Crippen molar-refractivity contribution >= 4 is 5.91 Å². The molecule has 1 saturated heterocycles. The van der Waals surface area contributed by atoms with E-state index in [1.807, 2.05) is 18.2 Å². The Kier molecular flexibility index (Phi) is 5.29. The molecule has 1 aliphatic rings. The summed E-state index contributed by atoms with van der Waals surface area (Å²) in [6, 6.07) is 5.43. The number of benzene rings is 1. The van der Waals surface area contributed by atoms with Gasteiger partial charge in [-0.2, -0.15) is 0 Å². The number of piperidine rings is 1. The average molecular weight is 306 g/mol. The third-order valence-corrected chi connectivity index (χ3v) is 4.33. The fourth-order valence-corrected chi connectivity index (χ4v) is 2.96. The summed E-state index contributed by atoms with van der Waals surface area (Å²) >= 11 is 0. The quantitative estimate of drug-likeness (QED) is 0.874. The second kappa shape index (κ2) is 7.01. The minimum Gasteiger partial charge on any atom is -0.497 e. The Hall–Kier alpha value is -1.75. The van der Waals surface area contributed by atoms with Gasteiger partial charge in [-0.25, -0.2) is 0 Å². The molecule has 122 valence electrons. The number of hydrogen-bond donors (Lipinski definition) is 2. The maximum Gasteiger partial charge on any atom is 0.237 e. The van der Waals surface area contributed by atoms with E-state index in [4.69, 9.17) is 9.47 Å². The van der Waals surface area contributed by atoms with Gasteiger partial charge in [0.1, 0.15) is 11.5 Å². The molecule has 1 unspecified atom stereocenters. The van der Waals surface area contributed by atoms with Gasteiger partial charge in [-0.15, -0.1) is 0 Å². The van der Waals surface area contributed by atoms with Crippen LogP contribution in [0.15, 0.2) is 18.2 Å². The Morgan fingerprint density at radius 2 is 2.14 bits per heavy atom. The molecule has 1 aromatic carbocycles. The summed E-state index contributed by atoms with van der Waals surface area (Å²) in [7, 11) is 3.25. The number of amides is 1. The van der Waals surface area contributed by atoms with Crippen molar-refractivity contribution in [3.8, 4) is 11.5 Å². The van der Waals surface area contributed by atoms with Crippen LogP contribution in [0.1, 0.15) is 32.3 Å². The summed E-state index contributed by atoms with van der Waals surface area (Å²) in [5.41, 5.74) is 0.879. The zero-order chi connectivity index (χ0) is 16.2. The number of hydrogen-bond acceptors (Lipinski definition) is 4. The molecular formula is C17H26N2O3. The van der Waals surface area contributed by atoms with Gasteiger partial charge in [-0.05, 0) is 43.0 Å². The summed E-state index contributed by atoms with van der Waals surface area (Å²) < 4.78 is 10.6. The number of ether oxygens (including phenoxy) is 2. The largest absolute Gasteiger partial charge is 0.497 e. The van der Waals surface area contributed by atoms with Crippen molar-refractivity contribution in [3.63, 3.8) is 0 Å². The van der Waals surface area contributed by atoms with Crippen molar-refractivity contribution in [2.45, 2.75) is 39.3 Å². The van der Waals surface area contributed by atoms with Gasteiger partial charge in [0.2, 0.25) is 5.91 Å². The molecular weight excluding hydrogens is 280 g/mol. The van der Waals surface area contributed by atoms with Crippen molar-refractivity contribution < 1.29 is 14.3 Å². The van der Waals surface area contributed by atoms with Crippen molar-refractivity contribution in [2.24, 2.45) is 5.41 Å². The first-order valence-corrected chi connectivity index (χ1v) is 7.70. The summed E-state index contributed by atoms with van der Waals surface area (Å²) in [5, 5.41) is 6.34. The minimum atomic E-state index is -0.155. The van der Waals surface area contributed by atoms with Gasteiger partial charge in [0.15, 0.2) is 0 Å². The van der Waals surface area contributed by atoms with Crippen molar-refractivity contribution in [1.29, 1.82) is 0 Å². The monoisotopic (exact) mass is 306 g/mol. The molecule has 0 saturated carbocycles. The lowest BCUT2D eigenvalue weighted by molar-refractivity contribution is -0.126. The topological polar surface area (TPSA) is 59.6 Å². The van der Waals surface area contributed by atoms with Crippen LogP contribution in [0, 0.1) is 5.41 Å². The molecule has 0 radical (unpaired) electrons. The fourth-order valence-electron chi connectivity index (χ4n) is 2.96. The van der Waals surface area contributed by atoms with Crippen molar-refractivity contribution in [1.82, 2.24) is 10.6 Å². The van der Waals surface area contributed by atoms with Crippen LogP contribution in [0.2, 0.25) is 0 Å². The summed E-state index contributed by atoms with van der Waals surface area (Å²) in [4.78, 5) is 12.5. The van der Waals surface area contributed by atoms with E-state index in [0.717, 1.165) is 36.4 Å². The van der Waals surface area contributed by atoms with Gasteiger partial charge in [-0.1, -0.05) is 13.8 Å². The van der Waals surface area contributed by atoms with Gasteiger partial charge < -0.3 is 20.1 Å². The van der Waals surface area contributed by atoms with Gasteiger partial charge in [0, 0.05) is 12.1 Å². The molecule has 2 N–H and O–H groups in total. The van der Waals surface area contributed by atoms with Crippen LogP contribution in [0.5, 0.6) is 11.5 Å². The van der Waals surface area contributed by atoms with Crippen LogP contribution in [-0.4, -0.2) is 32.7 Å². The lowest BCUT2D eigenvalue weighted by atomic mass is 9.77. The second-order valence-electron chi connectivity index (χ2n) is 6.37. The normalized spacial score (nSPS) is 20.3. The van der Waals surface area contributed by atoms with Crippen LogP contribution >= 0.6 is 0 Å². The molecule has 1 aliphatic heterocycles. The summed E-state index contributed by atoms with van der Waals surface area (Å²) in [5.74, 6) is 1.53. The lowest BCUT2D eigenvalue weighted by Crippen LogP contribution is -2.55. The van der Waals surface area contributed by atoms with E-state index in [1.165, 1.54) is 0 Å². The highest BCUT2D eigenvalue weighted by Crippen LogP contribution is 2.30. The Balaban J connectivity index is 2.04. The molecule has 5 heteroatoms. The molecule has 1 amide bonds. The van der Waals surface area contributed by atoms with E-state index in [9.17, 15) is 4.79 Å². The molecule has 0 spiro atoms. The predicted molar refractivity (Wildman–Crippen MR) is 86.2 cm³/mol. The number of rotatable bonds is 5. The Labute approximate surface area is 132 Å². The van der Waals surface area contributed by atoms with Crippen molar-refractivity contribution in [3.05, 3.63) is 23.8 Å². The Bertz CT molecular complexity index is 529. The maximum atomic E-state index is 12.5. The van der Waals surface area contributed by atoms with Crippen LogP contribution in [0.4, 0.5) is 0 Å². The van der Waals surface area contributed by atoms with Gasteiger partial charge in [0.25, 0.3) is 0 Å². The van der Waals surface area contributed by atoms with Crippen molar-refractivity contribution in [2.75, 3.05) is 20.8 Å². The molecule has 2 rings (SSSR count). The zero-order valence-electron chi connectivity index (χ0n) is 13.9. The molecule has 22 heavy (non-hydrogen) atoms. The molecule has 1 fully saturated rings. The first-order chi connectivity index (χ1) is 10.5. The molecule has 0 aliphatic carbocycles. The van der Waals surface area contributed by atoms with Crippen LogP contribution in [0.3, 0.4) is 0 Å². The standard InChI is InChI=1S/C17H26N2O3/c1-17(2)8-5-9-18-15(17)16(20)19-11-12-10-13(21-3)6-7-14(12)22-4/h6-7,10,15,18H,5,8-9,11H2,1-4H3,(H,19,20). The number of carbonyl (C=O) groups is 1. The highest BCUT2D eigenvalue weighted by molar-refractivity contribution is 5.82. The van der Waals surface area contributed by atoms with Crippen LogP contribution in [0.25, 0.3) is 0 Å². The molecule has 0 aromatic heterocycles. The zero-order valence-corrected chi connectivity index (χ0v) is 13.9. The Morgan fingerprint density at radius 3 is 2.77 bits per heavy atom. The number of methoxy groups -OCH3 is 2. The highest BCUT2D eigenvalue weighted by Gasteiger charge is 2.36. The van der Waals surface area contributed by atoms with E-state index in [0.29, 0.717) is 6.54 Å². The SMILES string of the molecule is COc1ccc(OC)c(CNC(=O)C2NCCCC2(C)C)c1. The average Bonchev–Trinajstić information content (AvgIpc) is 2.51. The molecule has 1 atom stereocenters. The lowest BCUT2D eigenvalue weighted by Gasteiger charge is -2.38. The van der Waals surface area contributed by atoms with Crippen LogP contribution in [-0.2, 0) is 11.3 Å². The van der Waals surface area contributed by atoms with Gasteiger partial charge in [-0.3, -0.25) is 4.79 Å². The highest BCUT2D eigenvalue weighted by atomic mass is 16.5. The number of carbonyl (C=O) groups excluding carboxylic acids is 1. The third kappa shape index (κ3) is 3.71. The van der Waals surface area contributed by atoms with Crippen LogP contribution < -0.4 is 20.1 Å². The minimum absolute atomic E-state index is 0.0270. The van der Waals surface area contributed by atoms with Gasteiger partial charge >= 0.3 is 0 Å². The van der Waals surface area contributed by atoms with E-state index in [-0.39, 0.29) is 17.4 Å². The number of nitrogens with one attached hydrogen (secondary N) is 2. The first kappa shape index (κ1) is 16.6. The van der Waals surface area contributed by atoms with E-state index >= 15 is 0 Å². The van der Waals surface area contributed by atoms with E-state index in [2.05, 4.69) is 24.5 Å².